The Labute approximate surface area is 156 Å². The Morgan fingerprint density at radius 2 is 1.63 bits per heavy atom. The third-order valence-corrected chi connectivity index (χ3v) is 5.41. The first-order chi connectivity index (χ1) is 12.8. The minimum absolute atomic E-state index is 0.291. The Kier molecular flexibility index (Phi) is 5.29. The summed E-state index contributed by atoms with van der Waals surface area (Å²) in [5, 5.41) is 16.5. The molecule has 8 nitrogen and oxygen atoms in total. The van der Waals surface area contributed by atoms with Gasteiger partial charge in [0, 0.05) is 37.9 Å². The SMILES string of the molecule is NS(=O)(=O)c1ccc(N2CCCN(c3ccc(F)cc3)CC2)c([N+](=O)[O-])c1. The number of nitrogens with zero attached hydrogens (tertiary/aromatic N) is 3. The van der Waals surface area contributed by atoms with Crippen LogP contribution in [0.5, 0.6) is 0 Å². The molecular formula is C17H19FN4O4S. The van der Waals surface area contributed by atoms with Gasteiger partial charge < -0.3 is 9.80 Å². The van der Waals surface area contributed by atoms with Crippen molar-refractivity contribution in [1.82, 2.24) is 0 Å². The minimum Gasteiger partial charge on any atom is -0.370 e. The summed E-state index contributed by atoms with van der Waals surface area (Å²) >= 11 is 0. The molecule has 144 valence electrons. The number of nitrogens with two attached hydrogens (primary N) is 1. The number of nitro benzene ring substituents is 1. The van der Waals surface area contributed by atoms with E-state index in [4.69, 9.17) is 5.14 Å². The van der Waals surface area contributed by atoms with Crippen molar-refractivity contribution in [2.24, 2.45) is 5.14 Å². The lowest BCUT2D eigenvalue weighted by atomic mass is 10.2. The van der Waals surface area contributed by atoms with Crippen molar-refractivity contribution in [3.05, 3.63) is 58.4 Å². The van der Waals surface area contributed by atoms with Crippen molar-refractivity contribution in [2.45, 2.75) is 11.3 Å². The molecule has 2 aromatic carbocycles. The molecule has 0 bridgehead atoms. The number of primary sulfonamides is 1. The third-order valence-electron chi connectivity index (χ3n) is 4.50. The van der Waals surface area contributed by atoms with Crippen LogP contribution >= 0.6 is 0 Å². The zero-order valence-electron chi connectivity index (χ0n) is 14.4. The number of rotatable bonds is 4. The average molecular weight is 394 g/mol. The maximum atomic E-state index is 13.1. The number of sulfonamides is 1. The number of anilines is 2. The number of nitro groups is 1. The van der Waals surface area contributed by atoms with Gasteiger partial charge in [-0.25, -0.2) is 17.9 Å². The lowest BCUT2D eigenvalue weighted by molar-refractivity contribution is -0.384. The molecule has 1 aliphatic heterocycles. The summed E-state index contributed by atoms with van der Waals surface area (Å²) in [4.78, 5) is 14.5. The molecule has 1 heterocycles. The molecule has 0 unspecified atom stereocenters. The fourth-order valence-electron chi connectivity index (χ4n) is 3.16. The van der Waals surface area contributed by atoms with E-state index in [-0.39, 0.29) is 16.4 Å². The summed E-state index contributed by atoms with van der Waals surface area (Å²) in [6, 6.07) is 9.89. The first kappa shape index (κ1) is 19.1. The summed E-state index contributed by atoms with van der Waals surface area (Å²) in [5.41, 5.74) is 0.947. The summed E-state index contributed by atoms with van der Waals surface area (Å²) in [5.74, 6) is -0.305. The highest BCUT2D eigenvalue weighted by molar-refractivity contribution is 7.89. The van der Waals surface area contributed by atoms with Gasteiger partial charge in [-0.05, 0) is 42.8 Å². The molecule has 2 N–H and O–H groups in total. The maximum Gasteiger partial charge on any atom is 0.293 e. The van der Waals surface area contributed by atoms with Crippen LogP contribution in [0.15, 0.2) is 47.4 Å². The van der Waals surface area contributed by atoms with E-state index in [1.54, 1.807) is 12.1 Å². The van der Waals surface area contributed by atoms with Crippen molar-refractivity contribution in [3.8, 4) is 0 Å². The number of hydrogen-bond donors (Lipinski definition) is 1. The molecule has 0 atom stereocenters. The van der Waals surface area contributed by atoms with Crippen molar-refractivity contribution in [1.29, 1.82) is 0 Å². The summed E-state index contributed by atoms with van der Waals surface area (Å²) in [6.45, 7) is 2.41. The molecule has 1 fully saturated rings. The lowest BCUT2D eigenvalue weighted by Crippen LogP contribution is -2.31. The lowest BCUT2D eigenvalue weighted by Gasteiger charge is -2.24. The average Bonchev–Trinajstić information content (AvgIpc) is 2.87. The van der Waals surface area contributed by atoms with Crippen molar-refractivity contribution >= 4 is 27.1 Å². The molecule has 0 aromatic heterocycles. The van der Waals surface area contributed by atoms with Crippen LogP contribution in [0.1, 0.15) is 6.42 Å². The Morgan fingerprint density at radius 1 is 1.00 bits per heavy atom. The zero-order chi connectivity index (χ0) is 19.6. The van der Waals surface area contributed by atoms with Crippen LogP contribution in [-0.2, 0) is 10.0 Å². The second-order valence-corrected chi connectivity index (χ2v) is 7.82. The van der Waals surface area contributed by atoms with Crippen LogP contribution < -0.4 is 14.9 Å². The van der Waals surface area contributed by atoms with Gasteiger partial charge in [-0.3, -0.25) is 10.1 Å². The summed E-state index contributed by atoms with van der Waals surface area (Å²) in [6.07, 6.45) is 0.742. The molecule has 0 radical (unpaired) electrons. The molecule has 2 aromatic rings. The second kappa shape index (κ2) is 7.49. The van der Waals surface area contributed by atoms with E-state index < -0.39 is 14.9 Å². The summed E-state index contributed by atoms with van der Waals surface area (Å²) in [7, 11) is -4.02. The van der Waals surface area contributed by atoms with Gasteiger partial charge in [-0.15, -0.1) is 0 Å². The molecule has 27 heavy (non-hydrogen) atoms. The van der Waals surface area contributed by atoms with Gasteiger partial charge in [-0.2, -0.15) is 0 Å². The standard InChI is InChI=1S/C17H19FN4O4S/c18-13-2-4-14(5-3-13)20-8-1-9-21(11-10-20)16-7-6-15(27(19,25)26)12-17(16)22(23)24/h2-7,12H,1,8-11H2,(H2,19,25,26). The fourth-order valence-corrected chi connectivity index (χ4v) is 3.70. The minimum atomic E-state index is -4.02. The largest absolute Gasteiger partial charge is 0.370 e. The van der Waals surface area contributed by atoms with E-state index in [9.17, 15) is 22.9 Å². The van der Waals surface area contributed by atoms with Gasteiger partial charge in [0.15, 0.2) is 0 Å². The Bertz CT molecular complexity index is 950. The molecule has 0 saturated carbocycles. The van der Waals surface area contributed by atoms with E-state index in [0.29, 0.717) is 25.3 Å². The van der Waals surface area contributed by atoms with Crippen LogP contribution in [0, 0.1) is 15.9 Å². The van der Waals surface area contributed by atoms with Crippen LogP contribution in [0.2, 0.25) is 0 Å². The molecule has 1 aliphatic rings. The van der Waals surface area contributed by atoms with Gasteiger partial charge in [0.05, 0.1) is 9.82 Å². The maximum absolute atomic E-state index is 13.1. The van der Waals surface area contributed by atoms with E-state index in [2.05, 4.69) is 4.90 Å². The van der Waals surface area contributed by atoms with E-state index in [0.717, 1.165) is 24.7 Å². The molecular weight excluding hydrogens is 375 g/mol. The monoisotopic (exact) mass is 394 g/mol. The fraction of sp³-hybridized carbons (Fsp3) is 0.294. The first-order valence-corrected chi connectivity index (χ1v) is 9.87. The van der Waals surface area contributed by atoms with Crippen LogP contribution in [0.4, 0.5) is 21.5 Å². The van der Waals surface area contributed by atoms with E-state index in [1.807, 2.05) is 4.90 Å². The second-order valence-electron chi connectivity index (χ2n) is 6.26. The predicted octanol–water partition coefficient (Wildman–Crippen LogP) is 2.10. The van der Waals surface area contributed by atoms with Crippen molar-refractivity contribution in [3.63, 3.8) is 0 Å². The molecule has 10 heteroatoms. The summed E-state index contributed by atoms with van der Waals surface area (Å²) < 4.78 is 36.1. The van der Waals surface area contributed by atoms with Crippen molar-refractivity contribution < 1.29 is 17.7 Å². The van der Waals surface area contributed by atoms with Crippen LogP contribution in [-0.4, -0.2) is 39.5 Å². The smallest absolute Gasteiger partial charge is 0.293 e. The van der Waals surface area contributed by atoms with Crippen LogP contribution in [0.3, 0.4) is 0 Å². The topological polar surface area (TPSA) is 110 Å². The molecule has 0 amide bonds. The van der Waals surface area contributed by atoms with Gasteiger partial charge in [0.2, 0.25) is 10.0 Å². The molecule has 0 aliphatic carbocycles. The Balaban J connectivity index is 1.84. The highest BCUT2D eigenvalue weighted by atomic mass is 32.2. The van der Waals surface area contributed by atoms with Gasteiger partial charge >= 0.3 is 0 Å². The number of benzene rings is 2. The highest BCUT2D eigenvalue weighted by Gasteiger charge is 2.24. The van der Waals surface area contributed by atoms with E-state index in [1.165, 1.54) is 24.3 Å². The van der Waals surface area contributed by atoms with Crippen molar-refractivity contribution in [2.75, 3.05) is 36.0 Å². The zero-order valence-corrected chi connectivity index (χ0v) is 15.2. The number of hydrogen-bond acceptors (Lipinski definition) is 6. The molecule has 3 rings (SSSR count). The van der Waals surface area contributed by atoms with Gasteiger partial charge in [-0.1, -0.05) is 0 Å². The predicted molar refractivity (Wildman–Crippen MR) is 99.9 cm³/mol. The van der Waals surface area contributed by atoms with Crippen LogP contribution in [0.25, 0.3) is 0 Å². The highest BCUT2D eigenvalue weighted by Crippen LogP contribution is 2.31. The first-order valence-electron chi connectivity index (χ1n) is 8.32. The quantitative estimate of drug-likeness (QED) is 0.628. The van der Waals surface area contributed by atoms with E-state index >= 15 is 0 Å². The van der Waals surface area contributed by atoms with Gasteiger partial charge in [0.1, 0.15) is 11.5 Å². The molecule has 0 spiro atoms. The Morgan fingerprint density at radius 3 is 2.26 bits per heavy atom. The number of halogens is 1. The third kappa shape index (κ3) is 4.34. The normalized spacial score (nSPS) is 15.5. The molecule has 1 saturated heterocycles. The van der Waals surface area contributed by atoms with Gasteiger partial charge in [0.25, 0.3) is 5.69 Å². The Hall–Kier alpha value is -2.72.